The second-order valence-electron chi connectivity index (χ2n) is 5.84. The number of para-hydroxylation sites is 1. The third-order valence-corrected chi connectivity index (χ3v) is 4.10. The van der Waals surface area contributed by atoms with Crippen LogP contribution in [0.1, 0.15) is 12.5 Å². The Kier molecular flexibility index (Phi) is 4.93. The summed E-state index contributed by atoms with van der Waals surface area (Å²) in [7, 11) is 0. The summed E-state index contributed by atoms with van der Waals surface area (Å²) in [5.41, 5.74) is 1.23. The topological polar surface area (TPSA) is 32.8 Å². The molecule has 3 rings (SSSR count). The number of piperazine rings is 1. The van der Waals surface area contributed by atoms with Gasteiger partial charge in [-0.05, 0) is 29.8 Å². The highest BCUT2D eigenvalue weighted by Crippen LogP contribution is 2.22. The van der Waals surface area contributed by atoms with Gasteiger partial charge in [0, 0.05) is 39.6 Å². The average Bonchev–Trinajstić information content (AvgIpc) is 2.57. The molecule has 1 saturated heterocycles. The molecule has 1 fully saturated rings. The zero-order valence-corrected chi connectivity index (χ0v) is 13.4. The Morgan fingerprint density at radius 2 is 1.65 bits per heavy atom. The van der Waals surface area contributed by atoms with Crippen LogP contribution in [-0.4, -0.2) is 41.9 Å². The van der Waals surface area contributed by atoms with E-state index in [9.17, 15) is 4.79 Å². The van der Waals surface area contributed by atoms with Gasteiger partial charge in [-0.3, -0.25) is 9.69 Å². The lowest BCUT2D eigenvalue weighted by atomic mass is 10.2. The summed E-state index contributed by atoms with van der Waals surface area (Å²) in [6.07, 6.45) is 0. The number of hydrogen-bond donors (Lipinski definition) is 0. The van der Waals surface area contributed by atoms with Crippen LogP contribution < -0.4 is 4.74 Å². The highest BCUT2D eigenvalue weighted by atomic mass is 16.5. The van der Waals surface area contributed by atoms with Crippen molar-refractivity contribution in [2.45, 2.75) is 13.5 Å². The van der Waals surface area contributed by atoms with Crippen LogP contribution in [-0.2, 0) is 11.3 Å². The maximum absolute atomic E-state index is 11.4. The maximum atomic E-state index is 11.4. The predicted molar refractivity (Wildman–Crippen MR) is 90.5 cm³/mol. The lowest BCUT2D eigenvalue weighted by Gasteiger charge is -2.34. The van der Waals surface area contributed by atoms with Crippen LogP contribution in [0.15, 0.2) is 54.6 Å². The van der Waals surface area contributed by atoms with E-state index in [1.165, 1.54) is 5.56 Å². The minimum atomic E-state index is 0.169. The van der Waals surface area contributed by atoms with Gasteiger partial charge in [0.05, 0.1) is 0 Å². The summed E-state index contributed by atoms with van der Waals surface area (Å²) in [5, 5.41) is 0. The molecule has 4 nitrogen and oxygen atoms in total. The van der Waals surface area contributed by atoms with E-state index in [4.69, 9.17) is 4.74 Å². The molecule has 1 aliphatic rings. The first-order chi connectivity index (χ1) is 11.2. The maximum Gasteiger partial charge on any atom is 0.219 e. The summed E-state index contributed by atoms with van der Waals surface area (Å²) < 4.78 is 5.89. The standard InChI is InChI=1S/C19H22N2O2/c1-16(22)21-12-10-20(11-13-21)15-17-6-5-9-19(14-17)23-18-7-3-2-4-8-18/h2-9,14H,10-13,15H2,1H3. The Morgan fingerprint density at radius 1 is 0.957 bits per heavy atom. The normalized spacial score (nSPS) is 15.4. The highest BCUT2D eigenvalue weighted by Gasteiger charge is 2.18. The van der Waals surface area contributed by atoms with Crippen molar-refractivity contribution >= 4 is 5.91 Å². The molecular weight excluding hydrogens is 288 g/mol. The minimum absolute atomic E-state index is 0.169. The Balaban J connectivity index is 1.59. The van der Waals surface area contributed by atoms with Gasteiger partial charge in [0.15, 0.2) is 0 Å². The fourth-order valence-corrected chi connectivity index (χ4v) is 2.81. The van der Waals surface area contributed by atoms with Crippen molar-refractivity contribution in [3.8, 4) is 11.5 Å². The minimum Gasteiger partial charge on any atom is -0.457 e. The van der Waals surface area contributed by atoms with Gasteiger partial charge in [-0.1, -0.05) is 30.3 Å². The molecule has 1 heterocycles. The molecule has 0 saturated carbocycles. The average molecular weight is 310 g/mol. The molecule has 0 spiro atoms. The van der Waals surface area contributed by atoms with Gasteiger partial charge in [-0.2, -0.15) is 0 Å². The van der Waals surface area contributed by atoms with E-state index in [0.717, 1.165) is 44.2 Å². The van der Waals surface area contributed by atoms with Crippen molar-refractivity contribution in [2.75, 3.05) is 26.2 Å². The van der Waals surface area contributed by atoms with Crippen LogP contribution >= 0.6 is 0 Å². The van der Waals surface area contributed by atoms with Crippen LogP contribution in [0.2, 0.25) is 0 Å². The van der Waals surface area contributed by atoms with E-state index < -0.39 is 0 Å². The van der Waals surface area contributed by atoms with E-state index in [1.807, 2.05) is 47.4 Å². The van der Waals surface area contributed by atoms with Crippen LogP contribution in [0.3, 0.4) is 0 Å². The van der Waals surface area contributed by atoms with Crippen molar-refractivity contribution in [3.05, 3.63) is 60.2 Å². The first-order valence-corrected chi connectivity index (χ1v) is 8.00. The number of carbonyl (C=O) groups is 1. The molecule has 0 atom stereocenters. The van der Waals surface area contributed by atoms with Gasteiger partial charge in [-0.25, -0.2) is 0 Å². The Hall–Kier alpha value is -2.33. The van der Waals surface area contributed by atoms with E-state index in [1.54, 1.807) is 6.92 Å². The number of ether oxygens (including phenoxy) is 1. The van der Waals surface area contributed by atoms with Gasteiger partial charge in [-0.15, -0.1) is 0 Å². The van der Waals surface area contributed by atoms with Crippen molar-refractivity contribution in [1.82, 2.24) is 9.80 Å². The first kappa shape index (κ1) is 15.6. The SMILES string of the molecule is CC(=O)N1CCN(Cc2cccc(Oc3ccccc3)c2)CC1. The smallest absolute Gasteiger partial charge is 0.219 e. The fourth-order valence-electron chi connectivity index (χ4n) is 2.81. The van der Waals surface area contributed by atoms with Crippen molar-refractivity contribution in [2.24, 2.45) is 0 Å². The molecule has 0 aliphatic carbocycles. The summed E-state index contributed by atoms with van der Waals surface area (Å²) in [5.74, 6) is 1.87. The Labute approximate surface area is 137 Å². The van der Waals surface area contributed by atoms with Gasteiger partial charge in [0.1, 0.15) is 11.5 Å². The molecule has 0 unspecified atom stereocenters. The molecule has 2 aromatic rings. The molecule has 1 amide bonds. The fraction of sp³-hybridized carbons (Fsp3) is 0.316. The molecule has 0 N–H and O–H groups in total. The van der Waals surface area contributed by atoms with Crippen molar-refractivity contribution < 1.29 is 9.53 Å². The van der Waals surface area contributed by atoms with E-state index >= 15 is 0 Å². The monoisotopic (exact) mass is 310 g/mol. The lowest BCUT2D eigenvalue weighted by molar-refractivity contribution is -0.130. The van der Waals surface area contributed by atoms with E-state index in [-0.39, 0.29) is 5.91 Å². The molecule has 2 aromatic carbocycles. The summed E-state index contributed by atoms with van der Waals surface area (Å²) >= 11 is 0. The van der Waals surface area contributed by atoms with Crippen LogP contribution in [0.5, 0.6) is 11.5 Å². The number of carbonyl (C=O) groups excluding carboxylic acids is 1. The molecule has 0 radical (unpaired) electrons. The second kappa shape index (κ2) is 7.29. The van der Waals surface area contributed by atoms with Gasteiger partial charge < -0.3 is 9.64 Å². The molecule has 4 heteroatoms. The first-order valence-electron chi connectivity index (χ1n) is 8.00. The predicted octanol–water partition coefficient (Wildman–Crippen LogP) is 3.14. The Bertz CT molecular complexity index is 649. The second-order valence-corrected chi connectivity index (χ2v) is 5.84. The van der Waals surface area contributed by atoms with Gasteiger partial charge >= 0.3 is 0 Å². The molecule has 120 valence electrons. The molecular formula is C19H22N2O2. The number of hydrogen-bond acceptors (Lipinski definition) is 3. The summed E-state index contributed by atoms with van der Waals surface area (Å²) in [6.45, 7) is 6.00. The summed E-state index contributed by atoms with van der Waals surface area (Å²) in [6, 6.07) is 18.0. The highest BCUT2D eigenvalue weighted by molar-refractivity contribution is 5.73. The van der Waals surface area contributed by atoms with Crippen molar-refractivity contribution in [1.29, 1.82) is 0 Å². The van der Waals surface area contributed by atoms with E-state index in [2.05, 4.69) is 17.0 Å². The van der Waals surface area contributed by atoms with Crippen molar-refractivity contribution in [3.63, 3.8) is 0 Å². The number of benzene rings is 2. The number of nitrogens with zero attached hydrogens (tertiary/aromatic N) is 2. The lowest BCUT2D eigenvalue weighted by Crippen LogP contribution is -2.47. The third kappa shape index (κ3) is 4.33. The quantitative estimate of drug-likeness (QED) is 0.870. The molecule has 23 heavy (non-hydrogen) atoms. The number of amides is 1. The zero-order chi connectivity index (χ0) is 16.1. The largest absolute Gasteiger partial charge is 0.457 e. The number of rotatable bonds is 4. The molecule has 0 aromatic heterocycles. The zero-order valence-electron chi connectivity index (χ0n) is 13.4. The van der Waals surface area contributed by atoms with Crippen LogP contribution in [0.4, 0.5) is 0 Å². The van der Waals surface area contributed by atoms with Gasteiger partial charge in [0.25, 0.3) is 0 Å². The third-order valence-electron chi connectivity index (χ3n) is 4.10. The molecule has 0 bridgehead atoms. The molecule has 1 aliphatic heterocycles. The van der Waals surface area contributed by atoms with E-state index in [0.29, 0.717) is 0 Å². The summed E-state index contributed by atoms with van der Waals surface area (Å²) in [4.78, 5) is 15.7. The van der Waals surface area contributed by atoms with Crippen LogP contribution in [0.25, 0.3) is 0 Å². The van der Waals surface area contributed by atoms with Crippen LogP contribution in [0, 0.1) is 0 Å². The van der Waals surface area contributed by atoms with Gasteiger partial charge in [0.2, 0.25) is 5.91 Å². The Morgan fingerprint density at radius 3 is 2.35 bits per heavy atom.